The van der Waals surface area contributed by atoms with Crippen LogP contribution in [-0.4, -0.2) is 55.0 Å². The molecule has 21 heavy (non-hydrogen) atoms. The molecule has 1 aliphatic rings. The Morgan fingerprint density at radius 2 is 2.14 bits per heavy atom. The third-order valence-corrected chi connectivity index (χ3v) is 5.03. The van der Waals surface area contributed by atoms with Crippen molar-refractivity contribution in [2.24, 2.45) is 0 Å². The zero-order valence-corrected chi connectivity index (χ0v) is 14.3. The number of rotatable bonds is 6. The Bertz CT molecular complexity index is 514. The maximum atomic E-state index is 5.78. The van der Waals surface area contributed by atoms with Crippen LogP contribution >= 0.6 is 0 Å². The molecular weight excluding hydrogens is 282 g/mol. The maximum Gasteiger partial charge on any atom is 0.160 e. The van der Waals surface area contributed by atoms with Crippen LogP contribution in [0.3, 0.4) is 0 Å². The van der Waals surface area contributed by atoms with Gasteiger partial charge in [0, 0.05) is 46.2 Å². The highest BCUT2D eigenvalue weighted by Gasteiger charge is 2.21. The molecule has 0 amide bonds. The van der Waals surface area contributed by atoms with E-state index in [1.165, 1.54) is 6.04 Å². The minimum atomic E-state index is -1.03. The first-order valence-electron chi connectivity index (χ1n) is 7.20. The number of likely N-dealkylation sites (N-methyl/N-ethyl adjacent to an activating group) is 1. The summed E-state index contributed by atoms with van der Waals surface area (Å²) in [6.07, 6.45) is 3.72. The molecule has 1 aromatic heterocycles. The molecule has 0 saturated carbocycles. The van der Waals surface area contributed by atoms with Gasteiger partial charge in [0.25, 0.3) is 0 Å². The maximum absolute atomic E-state index is 5.78. The molecular formula is C14H25N5OSi. The van der Waals surface area contributed by atoms with Crippen molar-refractivity contribution in [1.82, 2.24) is 20.0 Å². The molecule has 1 aliphatic heterocycles. The molecule has 2 rings (SSSR count). The van der Waals surface area contributed by atoms with Gasteiger partial charge in [-0.2, -0.15) is 0 Å². The summed E-state index contributed by atoms with van der Waals surface area (Å²) < 4.78 is 5.78. The molecule has 2 N–H and O–H groups in total. The largest absolute Gasteiger partial charge is 0.384 e. The van der Waals surface area contributed by atoms with E-state index < -0.39 is 8.07 Å². The van der Waals surface area contributed by atoms with Crippen molar-refractivity contribution in [1.29, 1.82) is 0 Å². The van der Waals surface area contributed by atoms with E-state index in [-0.39, 0.29) is 0 Å². The van der Waals surface area contributed by atoms with Crippen LogP contribution in [0.5, 0.6) is 0 Å². The first kappa shape index (κ1) is 15.9. The summed E-state index contributed by atoms with van der Waals surface area (Å²) in [7, 11) is 0.996. The number of hydrogen-bond donors (Lipinski definition) is 1. The van der Waals surface area contributed by atoms with E-state index in [0.717, 1.165) is 18.7 Å². The lowest BCUT2D eigenvalue weighted by Gasteiger charge is -2.25. The van der Waals surface area contributed by atoms with Gasteiger partial charge in [-0.15, -0.1) is 0 Å². The smallest absolute Gasteiger partial charge is 0.160 e. The predicted molar refractivity (Wildman–Crippen MR) is 87.9 cm³/mol. The van der Waals surface area contributed by atoms with Crippen LogP contribution in [0.2, 0.25) is 25.7 Å². The fourth-order valence-corrected chi connectivity index (χ4v) is 2.74. The molecule has 6 nitrogen and oxygen atoms in total. The number of aromatic nitrogens is 2. The van der Waals surface area contributed by atoms with Gasteiger partial charge in [-0.3, -0.25) is 5.01 Å². The van der Waals surface area contributed by atoms with E-state index in [9.17, 15) is 0 Å². The summed E-state index contributed by atoms with van der Waals surface area (Å²) >= 11 is 0. The molecule has 0 atom stereocenters. The van der Waals surface area contributed by atoms with Crippen molar-refractivity contribution in [2.45, 2.75) is 25.7 Å². The van der Waals surface area contributed by atoms with E-state index in [1.807, 2.05) is 18.3 Å². The highest BCUT2D eigenvalue weighted by atomic mass is 28.3. The topological polar surface area (TPSA) is 67.5 Å². The van der Waals surface area contributed by atoms with Crippen molar-refractivity contribution in [3.8, 4) is 0 Å². The van der Waals surface area contributed by atoms with Gasteiger partial charge in [0.2, 0.25) is 0 Å². The van der Waals surface area contributed by atoms with Gasteiger partial charge in [-0.1, -0.05) is 19.6 Å². The second-order valence-electron chi connectivity index (χ2n) is 6.56. The zero-order valence-electron chi connectivity index (χ0n) is 13.3. The summed E-state index contributed by atoms with van der Waals surface area (Å²) in [5.74, 6) is 1.18. The Morgan fingerprint density at radius 1 is 1.38 bits per heavy atom. The Balaban J connectivity index is 1.90. The number of anilines is 1. The summed E-state index contributed by atoms with van der Waals surface area (Å²) in [6, 6.07) is 2.87. The SMILES string of the molecule is CN1CC(c2nccc(N)n2)=CN1COCC[Si](C)(C)C. The molecule has 0 bridgehead atoms. The van der Waals surface area contributed by atoms with Crippen LogP contribution in [0.15, 0.2) is 18.5 Å². The summed E-state index contributed by atoms with van der Waals surface area (Å²) in [5.41, 5.74) is 6.76. The number of ether oxygens (including phenoxy) is 1. The van der Waals surface area contributed by atoms with Crippen LogP contribution in [-0.2, 0) is 4.74 Å². The fraction of sp³-hybridized carbons (Fsp3) is 0.571. The lowest BCUT2D eigenvalue weighted by molar-refractivity contribution is -0.0365. The molecule has 0 aliphatic carbocycles. The molecule has 0 unspecified atom stereocenters. The van der Waals surface area contributed by atoms with Crippen LogP contribution < -0.4 is 5.73 Å². The second-order valence-corrected chi connectivity index (χ2v) is 12.2. The minimum absolute atomic E-state index is 0.494. The van der Waals surface area contributed by atoms with Crippen molar-refractivity contribution < 1.29 is 4.74 Å². The van der Waals surface area contributed by atoms with Crippen LogP contribution in [0, 0.1) is 0 Å². The first-order chi connectivity index (χ1) is 9.85. The van der Waals surface area contributed by atoms with Gasteiger partial charge >= 0.3 is 0 Å². The average Bonchev–Trinajstić information content (AvgIpc) is 2.75. The standard InChI is InChI=1S/C14H25N5OSi/c1-18-9-12(14-16-6-5-13(15)17-14)10-19(18)11-20-7-8-21(2,3)4/h5-6,10H,7-9,11H2,1-4H3,(H2,15,16,17). The van der Waals surface area contributed by atoms with Crippen LogP contribution in [0.4, 0.5) is 5.82 Å². The summed E-state index contributed by atoms with van der Waals surface area (Å²) in [6.45, 7) is 9.21. The third-order valence-electron chi connectivity index (χ3n) is 3.33. The van der Waals surface area contributed by atoms with E-state index >= 15 is 0 Å². The molecule has 1 aromatic rings. The Morgan fingerprint density at radius 3 is 2.81 bits per heavy atom. The molecule has 0 saturated heterocycles. The molecule has 0 aromatic carbocycles. The van der Waals surface area contributed by atoms with Crippen molar-refractivity contribution in [2.75, 3.05) is 32.7 Å². The van der Waals surface area contributed by atoms with Crippen LogP contribution in [0.25, 0.3) is 5.57 Å². The molecule has 0 radical (unpaired) electrons. The Labute approximate surface area is 127 Å². The number of hydrogen-bond acceptors (Lipinski definition) is 6. The lowest BCUT2D eigenvalue weighted by Crippen LogP contribution is -2.34. The van der Waals surface area contributed by atoms with E-state index in [1.54, 1.807) is 12.3 Å². The number of nitrogens with zero attached hydrogens (tertiary/aromatic N) is 4. The number of hydrazine groups is 1. The summed E-state index contributed by atoms with van der Waals surface area (Å²) in [5, 5.41) is 4.14. The molecule has 2 heterocycles. The van der Waals surface area contributed by atoms with E-state index in [0.29, 0.717) is 18.4 Å². The van der Waals surface area contributed by atoms with Gasteiger partial charge in [0.1, 0.15) is 12.5 Å². The Hall–Kier alpha value is -1.44. The van der Waals surface area contributed by atoms with Crippen LogP contribution in [0.1, 0.15) is 5.82 Å². The van der Waals surface area contributed by atoms with Gasteiger partial charge < -0.3 is 10.5 Å². The van der Waals surface area contributed by atoms with Crippen molar-refractivity contribution >= 4 is 19.5 Å². The van der Waals surface area contributed by atoms with Crippen molar-refractivity contribution in [3.63, 3.8) is 0 Å². The number of nitrogens with two attached hydrogens (primary N) is 1. The molecule has 0 spiro atoms. The van der Waals surface area contributed by atoms with Gasteiger partial charge in [0.15, 0.2) is 5.82 Å². The average molecular weight is 307 g/mol. The molecule has 116 valence electrons. The highest BCUT2D eigenvalue weighted by molar-refractivity contribution is 6.76. The third kappa shape index (κ3) is 4.80. The monoisotopic (exact) mass is 307 g/mol. The van der Waals surface area contributed by atoms with E-state index in [4.69, 9.17) is 10.5 Å². The van der Waals surface area contributed by atoms with E-state index in [2.05, 4.69) is 34.6 Å². The zero-order chi connectivity index (χ0) is 15.5. The lowest BCUT2D eigenvalue weighted by atomic mass is 10.3. The second kappa shape index (κ2) is 6.55. The Kier molecular flexibility index (Phi) is 4.97. The quantitative estimate of drug-likeness (QED) is 0.639. The molecule has 7 heteroatoms. The normalized spacial score (nSPS) is 16.4. The number of nitrogen functional groups attached to an aromatic ring is 1. The molecule has 0 fully saturated rings. The predicted octanol–water partition coefficient (Wildman–Crippen LogP) is 1.87. The van der Waals surface area contributed by atoms with Gasteiger partial charge in [0.05, 0.1) is 0 Å². The van der Waals surface area contributed by atoms with Crippen molar-refractivity contribution in [3.05, 3.63) is 24.3 Å². The fourth-order valence-electron chi connectivity index (χ4n) is 1.98. The first-order valence-corrected chi connectivity index (χ1v) is 10.9. The minimum Gasteiger partial charge on any atom is -0.384 e. The van der Waals surface area contributed by atoms with Gasteiger partial charge in [-0.05, 0) is 12.1 Å². The highest BCUT2D eigenvalue weighted by Crippen LogP contribution is 2.20. The van der Waals surface area contributed by atoms with Gasteiger partial charge in [-0.25, -0.2) is 15.0 Å². The summed E-state index contributed by atoms with van der Waals surface area (Å²) in [4.78, 5) is 8.53.